The van der Waals surface area contributed by atoms with Crippen LogP contribution in [0, 0.1) is 0 Å². The molecule has 84 valence electrons. The van der Waals surface area contributed by atoms with E-state index in [0.29, 0.717) is 5.92 Å². The van der Waals surface area contributed by atoms with Gasteiger partial charge in [0.25, 0.3) is 0 Å². The molecule has 1 heterocycles. The lowest BCUT2D eigenvalue weighted by molar-refractivity contribution is 0.392. The van der Waals surface area contributed by atoms with Crippen molar-refractivity contribution in [1.29, 1.82) is 0 Å². The normalized spacial score (nSPS) is 12.7. The van der Waals surface area contributed by atoms with Crippen molar-refractivity contribution in [3.8, 4) is 5.88 Å². The molecule has 0 aliphatic rings. The molecule has 0 saturated heterocycles. The molecule has 2 aromatic rings. The molecule has 0 spiro atoms. The van der Waals surface area contributed by atoms with Crippen LogP contribution in [0.2, 0.25) is 0 Å². The molecule has 0 bridgehead atoms. The smallest absolute Gasteiger partial charge is 0.217 e. The molecular weight excluding hydrogens is 266 g/mol. The Morgan fingerprint density at radius 1 is 1.38 bits per heavy atom. The SMILES string of the molecule is COc1nc2ccccc2cc1C(C)CBr. The highest BCUT2D eigenvalue weighted by atomic mass is 79.9. The van der Waals surface area contributed by atoms with E-state index in [0.717, 1.165) is 27.7 Å². The zero-order valence-electron chi connectivity index (χ0n) is 9.40. The third-order valence-electron chi connectivity index (χ3n) is 2.67. The van der Waals surface area contributed by atoms with Gasteiger partial charge in [-0.15, -0.1) is 0 Å². The summed E-state index contributed by atoms with van der Waals surface area (Å²) in [6, 6.07) is 10.3. The zero-order valence-corrected chi connectivity index (χ0v) is 11.0. The summed E-state index contributed by atoms with van der Waals surface area (Å²) < 4.78 is 5.34. The lowest BCUT2D eigenvalue weighted by Gasteiger charge is -2.13. The molecule has 0 amide bonds. The number of methoxy groups -OCH3 is 1. The topological polar surface area (TPSA) is 22.1 Å². The van der Waals surface area contributed by atoms with Crippen molar-refractivity contribution < 1.29 is 4.74 Å². The van der Waals surface area contributed by atoms with Crippen LogP contribution in [0.3, 0.4) is 0 Å². The maximum Gasteiger partial charge on any atom is 0.217 e. The molecule has 1 aromatic heterocycles. The molecule has 0 radical (unpaired) electrons. The summed E-state index contributed by atoms with van der Waals surface area (Å²) in [6.45, 7) is 2.16. The van der Waals surface area contributed by atoms with Gasteiger partial charge in [-0.1, -0.05) is 41.1 Å². The van der Waals surface area contributed by atoms with Crippen molar-refractivity contribution in [2.75, 3.05) is 12.4 Å². The van der Waals surface area contributed by atoms with E-state index in [9.17, 15) is 0 Å². The summed E-state index contributed by atoms with van der Waals surface area (Å²) in [7, 11) is 1.67. The molecule has 0 saturated carbocycles. The molecule has 3 heteroatoms. The number of halogens is 1. The van der Waals surface area contributed by atoms with Gasteiger partial charge in [0, 0.05) is 16.3 Å². The van der Waals surface area contributed by atoms with Gasteiger partial charge in [-0.3, -0.25) is 0 Å². The summed E-state index contributed by atoms with van der Waals surface area (Å²) in [5, 5.41) is 2.06. The third-order valence-corrected chi connectivity index (χ3v) is 3.64. The average molecular weight is 280 g/mol. The number of ether oxygens (including phenoxy) is 1. The third kappa shape index (κ3) is 2.05. The Labute approximate surface area is 104 Å². The van der Waals surface area contributed by atoms with Crippen LogP contribution < -0.4 is 4.74 Å². The van der Waals surface area contributed by atoms with E-state index in [1.54, 1.807) is 7.11 Å². The number of para-hydroxylation sites is 1. The van der Waals surface area contributed by atoms with Crippen molar-refractivity contribution in [3.63, 3.8) is 0 Å². The van der Waals surface area contributed by atoms with E-state index in [4.69, 9.17) is 4.74 Å². The Morgan fingerprint density at radius 3 is 2.81 bits per heavy atom. The number of alkyl halides is 1. The van der Waals surface area contributed by atoms with Gasteiger partial charge in [-0.25, -0.2) is 4.98 Å². The summed E-state index contributed by atoms with van der Waals surface area (Å²) in [5.74, 6) is 1.12. The van der Waals surface area contributed by atoms with Crippen molar-refractivity contribution in [3.05, 3.63) is 35.9 Å². The highest BCUT2D eigenvalue weighted by molar-refractivity contribution is 9.09. The number of nitrogens with zero attached hydrogens (tertiary/aromatic N) is 1. The van der Waals surface area contributed by atoms with Gasteiger partial charge in [0.05, 0.1) is 12.6 Å². The van der Waals surface area contributed by atoms with Crippen LogP contribution in [-0.4, -0.2) is 17.4 Å². The minimum Gasteiger partial charge on any atom is -0.481 e. The lowest BCUT2D eigenvalue weighted by Crippen LogP contribution is -2.01. The fraction of sp³-hybridized carbons (Fsp3) is 0.308. The van der Waals surface area contributed by atoms with Crippen LogP contribution in [0.1, 0.15) is 18.4 Å². The highest BCUT2D eigenvalue weighted by Gasteiger charge is 2.12. The molecule has 2 rings (SSSR count). The molecule has 1 aromatic carbocycles. The maximum atomic E-state index is 5.34. The molecule has 16 heavy (non-hydrogen) atoms. The van der Waals surface area contributed by atoms with Crippen LogP contribution >= 0.6 is 15.9 Å². The fourth-order valence-corrected chi connectivity index (χ4v) is 2.06. The van der Waals surface area contributed by atoms with Crippen molar-refractivity contribution >= 4 is 26.8 Å². The first-order chi connectivity index (χ1) is 7.76. The number of fused-ring (bicyclic) bond motifs is 1. The Bertz CT molecular complexity index is 498. The molecule has 2 nitrogen and oxygen atoms in total. The Kier molecular flexibility index (Phi) is 3.44. The average Bonchev–Trinajstić information content (AvgIpc) is 2.36. The summed E-state index contributed by atoms with van der Waals surface area (Å²) in [5.41, 5.74) is 2.13. The summed E-state index contributed by atoms with van der Waals surface area (Å²) in [4.78, 5) is 4.52. The van der Waals surface area contributed by atoms with Gasteiger partial charge in [-0.2, -0.15) is 0 Å². The predicted octanol–water partition coefficient (Wildman–Crippen LogP) is 3.74. The quantitative estimate of drug-likeness (QED) is 0.799. The molecule has 1 atom stereocenters. The first kappa shape index (κ1) is 11.4. The van der Waals surface area contributed by atoms with Crippen molar-refractivity contribution in [2.45, 2.75) is 12.8 Å². The molecule has 0 N–H and O–H groups in total. The van der Waals surface area contributed by atoms with Crippen LogP contribution in [0.4, 0.5) is 0 Å². The van der Waals surface area contributed by atoms with Gasteiger partial charge in [0.2, 0.25) is 5.88 Å². The van der Waals surface area contributed by atoms with Crippen LogP contribution in [0.5, 0.6) is 5.88 Å². The number of aromatic nitrogens is 1. The van der Waals surface area contributed by atoms with Gasteiger partial charge in [0.15, 0.2) is 0 Å². The molecule has 0 fully saturated rings. The molecule has 0 aliphatic carbocycles. The Morgan fingerprint density at radius 2 is 2.12 bits per heavy atom. The van der Waals surface area contributed by atoms with Crippen LogP contribution in [-0.2, 0) is 0 Å². The van der Waals surface area contributed by atoms with Crippen molar-refractivity contribution in [1.82, 2.24) is 4.98 Å². The fourth-order valence-electron chi connectivity index (χ4n) is 1.71. The Hall–Kier alpha value is -1.09. The maximum absolute atomic E-state index is 5.34. The minimum absolute atomic E-state index is 0.395. The van der Waals surface area contributed by atoms with E-state index >= 15 is 0 Å². The van der Waals surface area contributed by atoms with Gasteiger partial charge in [-0.05, 0) is 18.1 Å². The van der Waals surface area contributed by atoms with Gasteiger partial charge < -0.3 is 4.74 Å². The van der Waals surface area contributed by atoms with E-state index < -0.39 is 0 Å². The number of benzene rings is 1. The highest BCUT2D eigenvalue weighted by Crippen LogP contribution is 2.29. The van der Waals surface area contributed by atoms with Gasteiger partial charge in [0.1, 0.15) is 0 Å². The van der Waals surface area contributed by atoms with E-state index in [1.807, 2.05) is 18.2 Å². The second kappa shape index (κ2) is 4.83. The Balaban J connectivity index is 2.62. The first-order valence-electron chi connectivity index (χ1n) is 5.26. The molecule has 1 unspecified atom stereocenters. The summed E-state index contributed by atoms with van der Waals surface area (Å²) >= 11 is 3.50. The first-order valence-corrected chi connectivity index (χ1v) is 6.38. The van der Waals surface area contributed by atoms with Crippen LogP contribution in [0.25, 0.3) is 10.9 Å². The number of hydrogen-bond acceptors (Lipinski definition) is 2. The number of pyridine rings is 1. The zero-order chi connectivity index (χ0) is 11.5. The van der Waals surface area contributed by atoms with Crippen molar-refractivity contribution in [2.24, 2.45) is 0 Å². The largest absolute Gasteiger partial charge is 0.481 e. The van der Waals surface area contributed by atoms with E-state index in [-0.39, 0.29) is 0 Å². The lowest BCUT2D eigenvalue weighted by atomic mass is 10.0. The second-order valence-electron chi connectivity index (χ2n) is 3.83. The number of rotatable bonds is 3. The van der Waals surface area contributed by atoms with Crippen LogP contribution in [0.15, 0.2) is 30.3 Å². The molecule has 0 aliphatic heterocycles. The van der Waals surface area contributed by atoms with E-state index in [1.165, 1.54) is 0 Å². The molecular formula is C13H14BrNO. The minimum atomic E-state index is 0.395. The van der Waals surface area contributed by atoms with Gasteiger partial charge >= 0.3 is 0 Å². The second-order valence-corrected chi connectivity index (χ2v) is 4.48. The predicted molar refractivity (Wildman–Crippen MR) is 70.5 cm³/mol. The number of hydrogen-bond donors (Lipinski definition) is 0. The standard InChI is InChI=1S/C13H14BrNO/c1-9(8-14)11-7-10-5-3-4-6-12(10)15-13(11)16-2/h3-7,9H,8H2,1-2H3. The summed E-state index contributed by atoms with van der Waals surface area (Å²) in [6.07, 6.45) is 0. The monoisotopic (exact) mass is 279 g/mol. The van der Waals surface area contributed by atoms with E-state index in [2.05, 4.69) is 40.0 Å².